The fraction of sp³-hybridized carbons (Fsp3) is 0.537. The normalized spacial score (nSPS) is 46.3. The highest BCUT2D eigenvalue weighted by Gasteiger charge is 2.85. The van der Waals surface area contributed by atoms with E-state index in [1.165, 1.54) is 18.2 Å². The number of amides is 1. The van der Waals surface area contributed by atoms with Crippen molar-refractivity contribution in [3.05, 3.63) is 82.6 Å². The predicted molar refractivity (Wildman–Crippen MR) is 184 cm³/mol. The summed E-state index contributed by atoms with van der Waals surface area (Å²) in [4.78, 5) is 47.6. The van der Waals surface area contributed by atoms with E-state index in [9.17, 15) is 14.4 Å². The Morgan fingerprint density at radius 1 is 1.04 bits per heavy atom. The molecule has 2 aromatic rings. The summed E-state index contributed by atoms with van der Waals surface area (Å²) in [5, 5.41) is 7.03. The zero-order valence-corrected chi connectivity index (χ0v) is 28.8. The molecule has 2 aromatic carbocycles. The second-order valence-corrected chi connectivity index (χ2v) is 17.2. The van der Waals surface area contributed by atoms with Crippen LogP contribution in [-0.2, 0) is 34.7 Å². The van der Waals surface area contributed by atoms with Gasteiger partial charge in [0.2, 0.25) is 5.91 Å². The quantitative estimate of drug-likeness (QED) is 0.212. The Labute approximate surface area is 291 Å². The van der Waals surface area contributed by atoms with Crippen LogP contribution in [0.5, 0.6) is 0 Å². The van der Waals surface area contributed by atoms with Crippen molar-refractivity contribution in [3.8, 4) is 0 Å². The Morgan fingerprint density at radius 3 is 2.72 bits per heavy atom. The van der Waals surface area contributed by atoms with E-state index in [1.807, 2.05) is 0 Å². The van der Waals surface area contributed by atoms with Crippen LogP contribution in [0.4, 0.5) is 11.4 Å². The molecular formula is C41H42N4O5. The molecule has 2 N–H and O–H groups in total. The smallest absolute Gasteiger partial charge is 0.335 e. The molecule has 9 nitrogen and oxygen atoms in total. The summed E-state index contributed by atoms with van der Waals surface area (Å²) in [5.41, 5.74) is 4.86. The van der Waals surface area contributed by atoms with Gasteiger partial charge >= 0.3 is 5.97 Å². The number of carbonyl (C=O) groups excluding carboxylic acids is 3. The van der Waals surface area contributed by atoms with Crippen LogP contribution in [0.3, 0.4) is 0 Å². The first-order valence-electron chi connectivity index (χ1n) is 18.8. The number of rotatable bonds is 3. The van der Waals surface area contributed by atoms with Gasteiger partial charge < -0.3 is 20.1 Å². The summed E-state index contributed by atoms with van der Waals surface area (Å²) in [7, 11) is 1.49. The molecular weight excluding hydrogens is 628 g/mol. The van der Waals surface area contributed by atoms with Crippen LogP contribution in [-0.4, -0.2) is 78.5 Å². The second-order valence-electron chi connectivity index (χ2n) is 17.2. The predicted octanol–water partition coefficient (Wildman–Crippen LogP) is 4.60. The fourth-order valence-electron chi connectivity index (χ4n) is 14.6. The van der Waals surface area contributed by atoms with Crippen LogP contribution in [0.15, 0.2) is 65.9 Å². The van der Waals surface area contributed by atoms with Crippen LogP contribution < -0.4 is 10.6 Å². The van der Waals surface area contributed by atoms with Crippen LogP contribution in [0.1, 0.15) is 68.7 Å². The monoisotopic (exact) mass is 670 g/mol. The molecule has 7 heterocycles. The third-order valence-electron chi connectivity index (χ3n) is 16.2. The zero-order chi connectivity index (χ0) is 33.7. The Bertz CT molecular complexity index is 2090. The van der Waals surface area contributed by atoms with Crippen molar-refractivity contribution in [3.63, 3.8) is 0 Å². The number of benzene rings is 2. The standard InChI is InChI=1S/C41H42N4O5/c1-4-37-19-23(33(47)49-3)30-39(24-8-5-6-9-26(24)42-30)13-17-45(34(37)39)28(29-32(37)50-29)22-10-11-27-25(18-22)40-14-16-44-15-7-12-38(35(40)44)20-41(40,36(48)43-27)31(46)21(38)2/h5-12,18,21,28-29,32,34-35,42H,4,13-17,19-20H2,1-3H3,(H,43,48). The Morgan fingerprint density at radius 2 is 1.88 bits per heavy atom. The van der Waals surface area contributed by atoms with E-state index < -0.39 is 10.8 Å². The minimum atomic E-state index is -1.04. The Hall–Kier alpha value is -3.79. The van der Waals surface area contributed by atoms with Crippen molar-refractivity contribution in [2.45, 2.75) is 87.1 Å². The molecule has 9 heteroatoms. The van der Waals surface area contributed by atoms with E-state index in [0.717, 1.165) is 67.1 Å². The maximum Gasteiger partial charge on any atom is 0.335 e. The largest absolute Gasteiger partial charge is 0.466 e. The van der Waals surface area contributed by atoms with E-state index in [1.54, 1.807) is 0 Å². The van der Waals surface area contributed by atoms with Gasteiger partial charge in [0.15, 0.2) is 5.78 Å². The summed E-state index contributed by atoms with van der Waals surface area (Å²) >= 11 is 0. The summed E-state index contributed by atoms with van der Waals surface area (Å²) < 4.78 is 12.3. The lowest BCUT2D eigenvalue weighted by atomic mass is 9.51. The lowest BCUT2D eigenvalue weighted by Gasteiger charge is -2.56. The maximum absolute atomic E-state index is 14.5. The topological polar surface area (TPSA) is 104 Å². The third kappa shape index (κ3) is 2.66. The van der Waals surface area contributed by atoms with Crippen molar-refractivity contribution in [2.75, 3.05) is 37.4 Å². The summed E-state index contributed by atoms with van der Waals surface area (Å²) in [5.74, 6) is -0.391. The molecule has 2 saturated carbocycles. The lowest BCUT2D eigenvalue weighted by molar-refractivity contribution is -0.147. The van der Waals surface area contributed by atoms with Crippen LogP contribution in [0, 0.1) is 22.2 Å². The van der Waals surface area contributed by atoms with Gasteiger partial charge in [-0.1, -0.05) is 56.3 Å². The number of para-hydroxylation sites is 1. The van der Waals surface area contributed by atoms with Gasteiger partial charge in [0.25, 0.3) is 0 Å². The zero-order valence-electron chi connectivity index (χ0n) is 28.8. The minimum absolute atomic E-state index is 0.000175. The number of hydrogen-bond acceptors (Lipinski definition) is 8. The lowest BCUT2D eigenvalue weighted by Crippen LogP contribution is -2.66. The number of nitrogens with one attached hydrogen (secondary N) is 2. The maximum atomic E-state index is 14.5. The van der Waals surface area contributed by atoms with Crippen molar-refractivity contribution in [1.29, 1.82) is 0 Å². The number of ketones is 1. The van der Waals surface area contributed by atoms with Crippen molar-refractivity contribution in [2.24, 2.45) is 22.2 Å². The van der Waals surface area contributed by atoms with Crippen molar-refractivity contribution in [1.82, 2.24) is 9.80 Å². The van der Waals surface area contributed by atoms with Gasteiger partial charge in [-0.05, 0) is 67.5 Å². The Kier molecular flexibility index (Phi) is 4.98. The van der Waals surface area contributed by atoms with Gasteiger partial charge in [-0.25, -0.2) is 4.79 Å². The average molecular weight is 671 g/mol. The number of hydrogen-bond donors (Lipinski definition) is 2. The minimum Gasteiger partial charge on any atom is -0.466 e. The number of methoxy groups -OCH3 is 1. The van der Waals surface area contributed by atoms with E-state index in [2.05, 4.69) is 88.9 Å². The summed E-state index contributed by atoms with van der Waals surface area (Å²) in [6, 6.07) is 15.6. The summed E-state index contributed by atoms with van der Waals surface area (Å²) in [6.07, 6.45) is 8.42. The molecule has 4 spiro atoms. The van der Waals surface area contributed by atoms with E-state index >= 15 is 0 Å². The molecule has 11 atom stereocenters. The highest BCUT2D eigenvalue weighted by Crippen LogP contribution is 2.78. The van der Waals surface area contributed by atoms with Gasteiger partial charge in [-0.15, -0.1) is 0 Å². The highest BCUT2D eigenvalue weighted by molar-refractivity contribution is 6.19. The van der Waals surface area contributed by atoms with E-state index in [4.69, 9.17) is 9.47 Å². The van der Waals surface area contributed by atoms with Crippen LogP contribution in [0.2, 0.25) is 0 Å². The molecule has 11 unspecified atom stereocenters. The number of anilines is 2. The molecule has 10 aliphatic rings. The van der Waals surface area contributed by atoms with Gasteiger partial charge in [0.1, 0.15) is 11.5 Å². The molecule has 256 valence electrons. The molecule has 1 amide bonds. The first kappa shape index (κ1) is 28.9. The molecule has 12 rings (SSSR count). The third-order valence-corrected chi connectivity index (χ3v) is 16.2. The molecule has 3 aliphatic carbocycles. The number of Topliss-reactive ketones (excluding diaryl/α,β-unsaturated/α-hetero) is 1. The molecule has 50 heavy (non-hydrogen) atoms. The van der Waals surface area contributed by atoms with Crippen LogP contribution in [0.25, 0.3) is 0 Å². The van der Waals surface area contributed by atoms with Crippen LogP contribution >= 0.6 is 0 Å². The van der Waals surface area contributed by atoms with Gasteiger partial charge in [0, 0.05) is 64.4 Å². The van der Waals surface area contributed by atoms with Gasteiger partial charge in [-0.2, -0.15) is 0 Å². The molecule has 2 bridgehead atoms. The molecule has 4 saturated heterocycles. The second kappa shape index (κ2) is 8.63. The van der Waals surface area contributed by atoms with E-state index in [-0.39, 0.29) is 70.2 Å². The first-order chi connectivity index (χ1) is 24.2. The molecule has 7 aliphatic heterocycles. The highest BCUT2D eigenvalue weighted by atomic mass is 16.6. The number of carbonyl (C=O) groups is 3. The number of esters is 1. The molecule has 6 fully saturated rings. The SMILES string of the molecule is CCC12CC(C(=O)OC)=C3Nc4ccccc4C34CCN(C(c3ccc5c(c3)C36CCN7CC=CC8(CC3(C(=O)N5)C(=O)C8C)C76)C3OC31)C42. The van der Waals surface area contributed by atoms with Gasteiger partial charge in [-0.3, -0.25) is 19.4 Å². The van der Waals surface area contributed by atoms with Crippen molar-refractivity contribution < 1.29 is 23.9 Å². The number of piperidine rings is 1. The molecule has 0 radical (unpaired) electrons. The number of epoxide rings is 1. The van der Waals surface area contributed by atoms with Crippen molar-refractivity contribution >= 4 is 29.0 Å². The summed E-state index contributed by atoms with van der Waals surface area (Å²) in [6.45, 7) is 6.98. The first-order valence-corrected chi connectivity index (χ1v) is 18.8. The fourth-order valence-corrected chi connectivity index (χ4v) is 14.6. The van der Waals surface area contributed by atoms with Gasteiger partial charge in [0.05, 0.1) is 30.2 Å². The number of nitrogens with zero attached hydrogens (tertiary/aromatic N) is 2. The Balaban J connectivity index is 1.04. The average Bonchev–Trinajstić information content (AvgIpc) is 3.38. The van der Waals surface area contributed by atoms with E-state index in [0.29, 0.717) is 12.8 Å². The number of ether oxygens (including phenoxy) is 2. The molecule has 0 aromatic heterocycles. The number of fused-ring (bicyclic) bond motifs is 4.